The van der Waals surface area contributed by atoms with Gasteiger partial charge in [-0.1, -0.05) is 43.3 Å². The number of hydrogen-bond donors (Lipinski definition) is 3. The molecule has 1 fully saturated rings. The van der Waals surface area contributed by atoms with Crippen molar-refractivity contribution in [1.82, 2.24) is 35.1 Å². The van der Waals surface area contributed by atoms with Crippen LogP contribution in [0.5, 0.6) is 0 Å². The second kappa shape index (κ2) is 9.13. The van der Waals surface area contributed by atoms with Gasteiger partial charge in [-0.3, -0.25) is 9.20 Å². The smallest absolute Gasteiger partial charge is 0.292 e. The van der Waals surface area contributed by atoms with Crippen molar-refractivity contribution in [2.24, 2.45) is 11.8 Å². The predicted octanol–water partition coefficient (Wildman–Crippen LogP) is 3.29. The standard InChI is InChI=1S/C25H26N8O2/c1-14-15(2)21(14)25-31-22(32-35-25)24(34)29-12-16-4-6-17(7-5-16)23-30-19(18(11-26)13-27-3)10-20-28-8-9-33(20)23/h4-11,13-15,21,26-27H,12H2,1-3H3,(H,29,34)/b18-13+,26-11?. The largest absolute Gasteiger partial charge is 0.393 e. The van der Waals surface area contributed by atoms with Crippen molar-refractivity contribution in [1.29, 1.82) is 5.41 Å². The number of carbonyl (C=O) groups is 1. The molecule has 10 heteroatoms. The van der Waals surface area contributed by atoms with Gasteiger partial charge in [-0.05, 0) is 17.4 Å². The van der Waals surface area contributed by atoms with Crippen LogP contribution in [0.4, 0.5) is 0 Å². The Bertz CT molecular complexity index is 1410. The van der Waals surface area contributed by atoms with E-state index >= 15 is 0 Å². The number of carbonyl (C=O) groups excluding carboxylic acids is 1. The molecule has 3 N–H and O–H groups in total. The van der Waals surface area contributed by atoms with Crippen LogP contribution in [0.1, 0.15) is 47.5 Å². The third kappa shape index (κ3) is 4.30. The molecule has 1 aromatic carbocycles. The first-order valence-electron chi connectivity index (χ1n) is 11.4. The Balaban J connectivity index is 1.31. The highest BCUT2D eigenvalue weighted by atomic mass is 16.5. The molecule has 0 saturated heterocycles. The van der Waals surface area contributed by atoms with Gasteiger partial charge in [0.1, 0.15) is 11.5 Å². The van der Waals surface area contributed by atoms with Crippen LogP contribution < -0.4 is 10.6 Å². The van der Waals surface area contributed by atoms with Gasteiger partial charge in [0.25, 0.3) is 11.7 Å². The van der Waals surface area contributed by atoms with E-state index in [4.69, 9.17) is 14.9 Å². The lowest BCUT2D eigenvalue weighted by molar-refractivity contribution is 0.0937. The number of rotatable bonds is 8. The van der Waals surface area contributed by atoms with Gasteiger partial charge in [0, 0.05) is 61.5 Å². The average Bonchev–Trinajstić information content (AvgIpc) is 3.29. The van der Waals surface area contributed by atoms with Crippen molar-refractivity contribution in [2.45, 2.75) is 26.3 Å². The third-order valence-corrected chi connectivity index (χ3v) is 6.56. The van der Waals surface area contributed by atoms with Crippen LogP contribution in [0.25, 0.3) is 22.6 Å². The van der Waals surface area contributed by atoms with E-state index in [0.29, 0.717) is 41.4 Å². The van der Waals surface area contributed by atoms with Crippen molar-refractivity contribution < 1.29 is 9.32 Å². The van der Waals surface area contributed by atoms with Gasteiger partial charge in [-0.15, -0.1) is 0 Å². The molecular weight excluding hydrogens is 444 g/mol. The molecule has 0 aliphatic heterocycles. The Morgan fingerprint density at radius 3 is 2.66 bits per heavy atom. The molecule has 0 radical (unpaired) electrons. The number of fused-ring (bicyclic) bond motifs is 1. The van der Waals surface area contributed by atoms with Crippen LogP contribution in [-0.2, 0) is 6.54 Å². The van der Waals surface area contributed by atoms with Gasteiger partial charge in [-0.2, -0.15) is 4.98 Å². The van der Waals surface area contributed by atoms with Gasteiger partial charge in [0.05, 0.1) is 5.69 Å². The zero-order valence-corrected chi connectivity index (χ0v) is 19.7. The van der Waals surface area contributed by atoms with Crippen LogP contribution in [0, 0.1) is 17.2 Å². The molecule has 1 amide bonds. The molecule has 10 nitrogen and oxygen atoms in total. The molecule has 0 spiro atoms. The summed E-state index contributed by atoms with van der Waals surface area (Å²) in [6.45, 7) is 4.60. The Labute approximate surface area is 202 Å². The summed E-state index contributed by atoms with van der Waals surface area (Å²) in [6, 6.07) is 9.60. The summed E-state index contributed by atoms with van der Waals surface area (Å²) >= 11 is 0. The SMILES string of the molecule is CN/C=C(\C=N)c1cc2nccn2c(-c2ccc(CNC(=O)c3noc(C4C(C)C4C)n3)cc2)n1. The monoisotopic (exact) mass is 470 g/mol. The van der Waals surface area contributed by atoms with Crippen LogP contribution in [0.2, 0.25) is 0 Å². The fourth-order valence-corrected chi connectivity index (χ4v) is 4.23. The summed E-state index contributed by atoms with van der Waals surface area (Å²) in [5, 5.41) is 17.3. The zero-order chi connectivity index (χ0) is 24.5. The molecule has 3 heterocycles. The Morgan fingerprint density at radius 1 is 1.20 bits per heavy atom. The number of nitrogens with zero attached hydrogens (tertiary/aromatic N) is 5. The molecule has 2 unspecified atom stereocenters. The summed E-state index contributed by atoms with van der Waals surface area (Å²) < 4.78 is 7.19. The summed E-state index contributed by atoms with van der Waals surface area (Å²) in [5.74, 6) is 2.18. The minimum Gasteiger partial charge on any atom is -0.393 e. The maximum atomic E-state index is 12.5. The Morgan fingerprint density at radius 2 is 1.97 bits per heavy atom. The molecule has 35 heavy (non-hydrogen) atoms. The highest BCUT2D eigenvalue weighted by Gasteiger charge is 2.48. The number of nitrogens with one attached hydrogen (secondary N) is 3. The number of amides is 1. The van der Waals surface area contributed by atoms with Crippen molar-refractivity contribution in [3.63, 3.8) is 0 Å². The Kier molecular flexibility index (Phi) is 5.86. The highest BCUT2D eigenvalue weighted by molar-refractivity contribution is 6.07. The number of hydrogen-bond acceptors (Lipinski definition) is 8. The lowest BCUT2D eigenvalue weighted by Crippen LogP contribution is -2.24. The van der Waals surface area contributed by atoms with Gasteiger partial charge >= 0.3 is 0 Å². The first kappa shape index (κ1) is 22.5. The fraction of sp³-hybridized carbons (Fsp3) is 0.280. The van der Waals surface area contributed by atoms with Gasteiger partial charge in [-0.25, -0.2) is 9.97 Å². The average molecular weight is 471 g/mol. The predicted molar refractivity (Wildman–Crippen MR) is 131 cm³/mol. The van der Waals surface area contributed by atoms with Crippen LogP contribution in [0.15, 0.2) is 53.4 Å². The lowest BCUT2D eigenvalue weighted by atomic mass is 10.1. The summed E-state index contributed by atoms with van der Waals surface area (Å²) in [6.07, 6.45) is 6.55. The first-order valence-corrected chi connectivity index (χ1v) is 11.4. The van der Waals surface area contributed by atoms with E-state index < -0.39 is 0 Å². The highest BCUT2D eigenvalue weighted by Crippen LogP contribution is 2.52. The normalized spacial score (nSPS) is 19.5. The molecule has 2 atom stereocenters. The number of imidazole rings is 1. The fourth-order valence-electron chi connectivity index (χ4n) is 4.23. The molecule has 4 aromatic rings. The van der Waals surface area contributed by atoms with Gasteiger partial charge in [0.15, 0.2) is 0 Å². The zero-order valence-electron chi connectivity index (χ0n) is 19.7. The van der Waals surface area contributed by atoms with Crippen molar-refractivity contribution in [3.05, 3.63) is 71.9 Å². The Hall–Kier alpha value is -4.34. The number of benzene rings is 1. The molecule has 0 bridgehead atoms. The second-order valence-electron chi connectivity index (χ2n) is 8.73. The molecule has 178 valence electrons. The number of allylic oxidation sites excluding steroid dienone is 1. The maximum absolute atomic E-state index is 12.5. The molecule has 1 aliphatic carbocycles. The minimum absolute atomic E-state index is 0.0584. The molecular formula is C25H26N8O2. The summed E-state index contributed by atoms with van der Waals surface area (Å²) in [5.41, 5.74) is 3.83. The molecule has 3 aromatic heterocycles. The molecule has 1 saturated carbocycles. The van der Waals surface area contributed by atoms with E-state index in [9.17, 15) is 4.79 Å². The third-order valence-electron chi connectivity index (χ3n) is 6.56. The van der Waals surface area contributed by atoms with Crippen LogP contribution >= 0.6 is 0 Å². The van der Waals surface area contributed by atoms with Crippen molar-refractivity contribution >= 4 is 23.3 Å². The summed E-state index contributed by atoms with van der Waals surface area (Å²) in [4.78, 5) is 25.9. The lowest BCUT2D eigenvalue weighted by Gasteiger charge is -2.10. The van der Waals surface area contributed by atoms with E-state index in [1.165, 1.54) is 6.21 Å². The first-order chi connectivity index (χ1) is 17.0. The van der Waals surface area contributed by atoms with Crippen molar-refractivity contribution in [3.8, 4) is 11.4 Å². The summed E-state index contributed by atoms with van der Waals surface area (Å²) in [7, 11) is 1.78. The maximum Gasteiger partial charge on any atom is 0.292 e. The second-order valence-corrected chi connectivity index (χ2v) is 8.73. The van der Waals surface area contributed by atoms with Gasteiger partial charge in [0.2, 0.25) is 5.89 Å². The van der Waals surface area contributed by atoms with E-state index in [1.54, 1.807) is 19.4 Å². The van der Waals surface area contributed by atoms with E-state index in [1.807, 2.05) is 40.9 Å². The quantitative estimate of drug-likeness (QED) is 0.336. The number of aromatic nitrogens is 5. The molecule has 1 aliphatic rings. The minimum atomic E-state index is -0.366. The van der Waals surface area contributed by atoms with Crippen LogP contribution in [0.3, 0.4) is 0 Å². The van der Waals surface area contributed by atoms with Crippen LogP contribution in [-0.4, -0.2) is 43.7 Å². The van der Waals surface area contributed by atoms with E-state index in [-0.39, 0.29) is 17.6 Å². The van der Waals surface area contributed by atoms with E-state index in [0.717, 1.165) is 16.8 Å². The molecule has 5 rings (SSSR count). The van der Waals surface area contributed by atoms with E-state index in [2.05, 4.69) is 39.6 Å². The van der Waals surface area contributed by atoms with Gasteiger partial charge < -0.3 is 20.6 Å². The topological polar surface area (TPSA) is 134 Å². The van der Waals surface area contributed by atoms with Crippen molar-refractivity contribution in [2.75, 3.05) is 7.05 Å².